The molecule has 230 valence electrons. The van der Waals surface area contributed by atoms with Crippen LogP contribution in [0.5, 0.6) is 11.5 Å². The second-order valence-electron chi connectivity index (χ2n) is 11.8. The van der Waals surface area contributed by atoms with Gasteiger partial charge in [0.05, 0.1) is 19.0 Å². The minimum absolute atomic E-state index is 0.0416. The van der Waals surface area contributed by atoms with Gasteiger partial charge in [-0.25, -0.2) is 9.07 Å². The highest BCUT2D eigenvalue weighted by atomic mass is 19.1. The Bertz CT molecular complexity index is 1510. The van der Waals surface area contributed by atoms with E-state index in [1.165, 1.54) is 17.7 Å². The first-order valence-corrected chi connectivity index (χ1v) is 15.5. The van der Waals surface area contributed by atoms with Crippen LogP contribution in [0.4, 0.5) is 4.39 Å². The summed E-state index contributed by atoms with van der Waals surface area (Å²) in [5.74, 6) is 1.32. The number of likely N-dealkylation sites (tertiary alicyclic amines) is 2. The first kappa shape index (κ1) is 29.8. The third-order valence-electron chi connectivity index (χ3n) is 8.56. The Labute approximate surface area is 258 Å². The van der Waals surface area contributed by atoms with E-state index in [-0.39, 0.29) is 23.9 Å². The van der Waals surface area contributed by atoms with Gasteiger partial charge >= 0.3 is 0 Å². The van der Waals surface area contributed by atoms with Crippen LogP contribution in [0.2, 0.25) is 0 Å². The van der Waals surface area contributed by atoms with Crippen molar-refractivity contribution in [3.05, 3.63) is 108 Å². The second kappa shape index (κ2) is 14.1. The Morgan fingerprint density at radius 2 is 1.55 bits per heavy atom. The molecule has 0 aliphatic carbocycles. The standard InChI is InChI=1S/C35H40FN5O3/c1-43-32-11-5-26(6-12-32)23-39-17-13-30(14-18-39)38-35(42)28-3-2-4-34(21-28)44-33-15-19-40(20-16-33)24-27-22-37-41(25-27)31-9-7-29(36)8-10-31/h2-12,21-22,25,30,33H,13-20,23-24H2,1H3,(H,38,42). The summed E-state index contributed by atoms with van der Waals surface area (Å²) in [7, 11) is 1.68. The number of hydrogen-bond donors (Lipinski definition) is 1. The largest absolute Gasteiger partial charge is 0.497 e. The zero-order valence-corrected chi connectivity index (χ0v) is 25.2. The molecule has 0 radical (unpaired) electrons. The summed E-state index contributed by atoms with van der Waals surface area (Å²) in [4.78, 5) is 17.9. The molecule has 2 fully saturated rings. The van der Waals surface area contributed by atoms with Crippen LogP contribution in [0.15, 0.2) is 85.2 Å². The number of piperidine rings is 2. The van der Waals surface area contributed by atoms with Crippen molar-refractivity contribution in [2.24, 2.45) is 0 Å². The van der Waals surface area contributed by atoms with Gasteiger partial charge in [-0.3, -0.25) is 14.6 Å². The van der Waals surface area contributed by atoms with E-state index in [9.17, 15) is 9.18 Å². The molecule has 0 saturated carbocycles. The fourth-order valence-corrected chi connectivity index (χ4v) is 6.02. The van der Waals surface area contributed by atoms with Crippen molar-refractivity contribution in [1.29, 1.82) is 0 Å². The lowest BCUT2D eigenvalue weighted by molar-refractivity contribution is 0.0900. The van der Waals surface area contributed by atoms with Gasteiger partial charge in [0.1, 0.15) is 23.4 Å². The molecular weight excluding hydrogens is 557 g/mol. The van der Waals surface area contributed by atoms with Crippen LogP contribution in [-0.2, 0) is 13.1 Å². The van der Waals surface area contributed by atoms with Crippen LogP contribution in [0.3, 0.4) is 0 Å². The lowest BCUT2D eigenvalue weighted by atomic mass is 10.0. The van der Waals surface area contributed by atoms with Gasteiger partial charge in [-0.2, -0.15) is 5.10 Å². The van der Waals surface area contributed by atoms with Gasteiger partial charge in [0.25, 0.3) is 5.91 Å². The topological polar surface area (TPSA) is 71.9 Å². The maximum Gasteiger partial charge on any atom is 0.251 e. The van der Waals surface area contributed by atoms with E-state index in [1.54, 1.807) is 23.9 Å². The van der Waals surface area contributed by atoms with Gasteiger partial charge in [0.2, 0.25) is 0 Å². The number of carbonyl (C=O) groups is 1. The molecule has 6 rings (SSSR count). The number of nitrogens with one attached hydrogen (secondary N) is 1. The number of methoxy groups -OCH3 is 1. The predicted molar refractivity (Wildman–Crippen MR) is 168 cm³/mol. The Balaban J connectivity index is 0.930. The number of amides is 1. The molecule has 1 N–H and O–H groups in total. The summed E-state index contributed by atoms with van der Waals surface area (Å²) in [6.45, 7) is 5.47. The molecule has 0 atom stereocenters. The first-order chi connectivity index (χ1) is 21.5. The molecule has 3 heterocycles. The lowest BCUT2D eigenvalue weighted by Crippen LogP contribution is -2.44. The van der Waals surface area contributed by atoms with Crippen LogP contribution in [0, 0.1) is 5.82 Å². The monoisotopic (exact) mass is 597 g/mol. The molecule has 0 unspecified atom stereocenters. The summed E-state index contributed by atoms with van der Waals surface area (Å²) >= 11 is 0. The molecule has 0 bridgehead atoms. The number of ether oxygens (including phenoxy) is 2. The normalized spacial score (nSPS) is 17.0. The Hall–Kier alpha value is -4.21. The number of carbonyl (C=O) groups excluding carboxylic acids is 1. The van der Waals surface area contributed by atoms with Crippen LogP contribution in [0.1, 0.15) is 47.2 Å². The van der Waals surface area contributed by atoms with Crippen LogP contribution in [-0.4, -0.2) is 70.9 Å². The van der Waals surface area contributed by atoms with Crippen molar-refractivity contribution in [3.63, 3.8) is 0 Å². The third-order valence-corrected chi connectivity index (χ3v) is 8.56. The van der Waals surface area contributed by atoms with Crippen molar-refractivity contribution in [2.75, 3.05) is 33.3 Å². The molecular formula is C35H40FN5O3. The summed E-state index contributed by atoms with van der Waals surface area (Å²) in [5, 5.41) is 7.68. The number of rotatable bonds is 10. The minimum atomic E-state index is -0.255. The highest BCUT2D eigenvalue weighted by Crippen LogP contribution is 2.23. The van der Waals surface area contributed by atoms with E-state index < -0.39 is 0 Å². The highest BCUT2D eigenvalue weighted by molar-refractivity contribution is 5.94. The van der Waals surface area contributed by atoms with Crippen LogP contribution in [0.25, 0.3) is 5.69 Å². The molecule has 2 aliphatic rings. The number of nitrogens with zero attached hydrogens (tertiary/aromatic N) is 4. The Morgan fingerprint density at radius 1 is 0.864 bits per heavy atom. The molecule has 2 aliphatic heterocycles. The number of hydrogen-bond acceptors (Lipinski definition) is 6. The molecule has 4 aromatic rings. The average Bonchev–Trinajstić information content (AvgIpc) is 3.52. The van der Waals surface area contributed by atoms with E-state index in [0.717, 1.165) is 87.7 Å². The summed E-state index contributed by atoms with van der Waals surface area (Å²) in [6, 6.07) is 22.3. The molecule has 44 heavy (non-hydrogen) atoms. The van der Waals surface area contributed by atoms with E-state index in [1.807, 2.05) is 48.8 Å². The van der Waals surface area contributed by atoms with Gasteiger partial charge in [0, 0.05) is 62.6 Å². The average molecular weight is 598 g/mol. The number of benzene rings is 3. The quantitative estimate of drug-likeness (QED) is 0.262. The van der Waals surface area contributed by atoms with E-state index in [0.29, 0.717) is 5.56 Å². The zero-order valence-electron chi connectivity index (χ0n) is 25.2. The maximum atomic E-state index is 13.2. The summed E-state index contributed by atoms with van der Waals surface area (Å²) < 4.78 is 26.6. The SMILES string of the molecule is COc1ccc(CN2CCC(NC(=O)c3cccc(OC4CCN(Cc5cnn(-c6ccc(F)cc6)c5)CC4)c3)CC2)cc1. The van der Waals surface area contributed by atoms with Gasteiger partial charge in [-0.15, -0.1) is 0 Å². The molecule has 9 heteroatoms. The molecule has 3 aromatic carbocycles. The summed E-state index contributed by atoms with van der Waals surface area (Å²) in [5.41, 5.74) is 3.87. The summed E-state index contributed by atoms with van der Waals surface area (Å²) in [6.07, 6.45) is 7.68. The van der Waals surface area contributed by atoms with E-state index in [2.05, 4.69) is 32.3 Å². The van der Waals surface area contributed by atoms with Crippen molar-refractivity contribution in [1.82, 2.24) is 24.9 Å². The predicted octanol–water partition coefficient (Wildman–Crippen LogP) is 5.46. The number of aromatic nitrogens is 2. The fraction of sp³-hybridized carbons (Fsp3) is 0.371. The Kier molecular flexibility index (Phi) is 9.53. The van der Waals surface area contributed by atoms with Crippen molar-refractivity contribution >= 4 is 5.91 Å². The van der Waals surface area contributed by atoms with Gasteiger partial charge in [0.15, 0.2) is 0 Å². The third kappa shape index (κ3) is 7.84. The van der Waals surface area contributed by atoms with Crippen molar-refractivity contribution in [3.8, 4) is 17.2 Å². The van der Waals surface area contributed by atoms with Crippen LogP contribution >= 0.6 is 0 Å². The molecule has 1 aromatic heterocycles. The van der Waals surface area contributed by atoms with Gasteiger partial charge in [-0.05, 0) is 85.8 Å². The molecule has 0 spiro atoms. The Morgan fingerprint density at radius 3 is 2.25 bits per heavy atom. The maximum absolute atomic E-state index is 13.2. The smallest absolute Gasteiger partial charge is 0.251 e. The molecule has 1 amide bonds. The number of halogens is 1. The second-order valence-corrected chi connectivity index (χ2v) is 11.8. The van der Waals surface area contributed by atoms with Gasteiger partial charge in [-0.1, -0.05) is 18.2 Å². The first-order valence-electron chi connectivity index (χ1n) is 15.5. The van der Waals surface area contributed by atoms with E-state index >= 15 is 0 Å². The van der Waals surface area contributed by atoms with Crippen LogP contribution < -0.4 is 14.8 Å². The lowest BCUT2D eigenvalue weighted by Gasteiger charge is -2.32. The molecule has 2 saturated heterocycles. The highest BCUT2D eigenvalue weighted by Gasteiger charge is 2.23. The van der Waals surface area contributed by atoms with E-state index in [4.69, 9.17) is 9.47 Å². The van der Waals surface area contributed by atoms with Crippen molar-refractivity contribution in [2.45, 2.75) is 50.9 Å². The molecule has 8 nitrogen and oxygen atoms in total. The van der Waals surface area contributed by atoms with Gasteiger partial charge < -0.3 is 14.8 Å². The zero-order chi connectivity index (χ0) is 30.3. The van der Waals surface area contributed by atoms with Crippen molar-refractivity contribution < 1.29 is 18.7 Å². The fourth-order valence-electron chi connectivity index (χ4n) is 6.02. The minimum Gasteiger partial charge on any atom is -0.497 e.